The topological polar surface area (TPSA) is 30.0 Å². The summed E-state index contributed by atoms with van der Waals surface area (Å²) in [6, 6.07) is 8.97. The van der Waals surface area contributed by atoms with Crippen molar-refractivity contribution in [2.24, 2.45) is 0 Å². The van der Waals surface area contributed by atoms with E-state index >= 15 is 0 Å². The number of rotatable bonds is 1. The van der Waals surface area contributed by atoms with Crippen LogP contribution < -0.4 is 0 Å². The van der Waals surface area contributed by atoms with Gasteiger partial charge in [-0.25, -0.2) is 4.98 Å². The number of hydrogen-bond donors (Lipinski definition) is 0. The monoisotopic (exact) mass is 191 g/mol. The fraction of sp³-hybridized carbons (Fsp3) is 0. The lowest BCUT2D eigenvalue weighted by Gasteiger charge is -1.99. The molecule has 1 aromatic heterocycles. The first-order valence-electron chi connectivity index (χ1n) is 3.82. The zero-order valence-corrected chi connectivity index (χ0v) is 7.45. The van der Waals surface area contributed by atoms with Crippen LogP contribution in [0.25, 0.3) is 10.9 Å². The fourth-order valence-electron chi connectivity index (χ4n) is 1.27. The fourth-order valence-corrected chi connectivity index (χ4v) is 1.47. The molecule has 0 N–H and O–H groups in total. The van der Waals surface area contributed by atoms with Crippen molar-refractivity contribution < 1.29 is 4.79 Å². The van der Waals surface area contributed by atoms with E-state index in [9.17, 15) is 4.79 Å². The minimum atomic E-state index is 0.348. The number of fused-ring (bicyclic) bond motifs is 1. The predicted octanol–water partition coefficient (Wildman–Crippen LogP) is 2.70. The largest absolute Gasteiger partial charge is 0.298 e. The van der Waals surface area contributed by atoms with Crippen molar-refractivity contribution in [3.8, 4) is 0 Å². The van der Waals surface area contributed by atoms with Gasteiger partial charge in [-0.2, -0.15) is 0 Å². The lowest BCUT2D eigenvalue weighted by atomic mass is 10.1. The number of nitrogens with zero attached hydrogens (tertiary/aromatic N) is 1. The van der Waals surface area contributed by atoms with Gasteiger partial charge < -0.3 is 0 Å². The van der Waals surface area contributed by atoms with E-state index < -0.39 is 0 Å². The van der Waals surface area contributed by atoms with Gasteiger partial charge >= 0.3 is 0 Å². The number of pyridine rings is 1. The Kier molecular flexibility index (Phi) is 1.99. The third-order valence-electron chi connectivity index (χ3n) is 1.84. The van der Waals surface area contributed by atoms with E-state index in [1.165, 1.54) is 0 Å². The van der Waals surface area contributed by atoms with E-state index in [2.05, 4.69) is 4.98 Å². The van der Waals surface area contributed by atoms with E-state index in [-0.39, 0.29) is 0 Å². The molecule has 0 fully saturated rings. The van der Waals surface area contributed by atoms with Crippen LogP contribution in [0.15, 0.2) is 30.3 Å². The first-order chi connectivity index (χ1) is 6.31. The SMILES string of the molecule is O=Cc1cc(Cl)nc2ccccc12. The molecule has 1 heterocycles. The van der Waals surface area contributed by atoms with E-state index in [4.69, 9.17) is 11.6 Å². The molecule has 0 spiro atoms. The van der Waals surface area contributed by atoms with Crippen molar-refractivity contribution in [2.45, 2.75) is 0 Å². The molecule has 3 heteroatoms. The number of para-hydroxylation sites is 1. The number of hydrogen-bond acceptors (Lipinski definition) is 2. The summed E-state index contributed by atoms with van der Waals surface area (Å²) in [6.07, 6.45) is 0.788. The number of aromatic nitrogens is 1. The molecular formula is C10H6ClNO. The Labute approximate surface area is 80.2 Å². The molecular weight excluding hydrogens is 186 g/mol. The first-order valence-corrected chi connectivity index (χ1v) is 4.19. The molecule has 0 bridgehead atoms. The Balaban J connectivity index is 2.89. The maximum Gasteiger partial charge on any atom is 0.150 e. The number of carbonyl (C=O) groups is 1. The van der Waals surface area contributed by atoms with Crippen molar-refractivity contribution in [3.63, 3.8) is 0 Å². The van der Waals surface area contributed by atoms with Crippen LogP contribution in [0.3, 0.4) is 0 Å². The maximum absolute atomic E-state index is 10.7. The quantitative estimate of drug-likeness (QED) is 0.513. The summed E-state index contributed by atoms with van der Waals surface area (Å²) in [5.74, 6) is 0. The molecule has 0 aliphatic heterocycles. The highest BCUT2D eigenvalue weighted by Crippen LogP contribution is 2.18. The molecule has 0 saturated carbocycles. The van der Waals surface area contributed by atoms with E-state index in [1.807, 2.05) is 24.3 Å². The summed E-state index contributed by atoms with van der Waals surface area (Å²) in [5.41, 5.74) is 1.33. The smallest absolute Gasteiger partial charge is 0.150 e. The summed E-state index contributed by atoms with van der Waals surface area (Å²) >= 11 is 5.73. The Hall–Kier alpha value is -1.41. The highest BCUT2D eigenvalue weighted by molar-refractivity contribution is 6.30. The van der Waals surface area contributed by atoms with Gasteiger partial charge in [-0.3, -0.25) is 4.79 Å². The normalized spacial score (nSPS) is 10.2. The predicted molar refractivity (Wildman–Crippen MR) is 52.1 cm³/mol. The van der Waals surface area contributed by atoms with Crippen molar-refractivity contribution in [3.05, 3.63) is 41.0 Å². The molecule has 2 nitrogen and oxygen atoms in total. The summed E-state index contributed by atoms with van der Waals surface area (Å²) in [5, 5.41) is 1.18. The van der Waals surface area contributed by atoms with Crippen LogP contribution in [0.5, 0.6) is 0 Å². The molecule has 0 amide bonds. The summed E-state index contributed by atoms with van der Waals surface area (Å²) in [7, 11) is 0. The average molecular weight is 192 g/mol. The third-order valence-corrected chi connectivity index (χ3v) is 2.04. The molecule has 0 aliphatic carbocycles. The molecule has 0 aliphatic rings. The van der Waals surface area contributed by atoms with Crippen molar-refractivity contribution >= 4 is 28.8 Å². The molecule has 13 heavy (non-hydrogen) atoms. The van der Waals surface area contributed by atoms with Crippen LogP contribution >= 0.6 is 11.6 Å². The van der Waals surface area contributed by atoms with Crippen LogP contribution in [0.2, 0.25) is 5.15 Å². The van der Waals surface area contributed by atoms with Gasteiger partial charge in [-0.1, -0.05) is 29.8 Å². The summed E-state index contributed by atoms with van der Waals surface area (Å²) < 4.78 is 0. The van der Waals surface area contributed by atoms with E-state index in [0.29, 0.717) is 10.7 Å². The average Bonchev–Trinajstić information content (AvgIpc) is 2.16. The zero-order valence-electron chi connectivity index (χ0n) is 6.70. The van der Waals surface area contributed by atoms with Crippen LogP contribution in [-0.2, 0) is 0 Å². The second-order valence-corrected chi connectivity index (χ2v) is 3.06. The molecule has 64 valence electrons. The standard InChI is InChI=1S/C10H6ClNO/c11-10-5-7(6-13)8-3-1-2-4-9(8)12-10/h1-6H. The highest BCUT2D eigenvalue weighted by atomic mass is 35.5. The minimum Gasteiger partial charge on any atom is -0.298 e. The Bertz CT molecular complexity index is 467. The Morgan fingerprint density at radius 3 is 2.85 bits per heavy atom. The second kappa shape index (κ2) is 3.15. The Morgan fingerprint density at radius 1 is 1.31 bits per heavy atom. The second-order valence-electron chi connectivity index (χ2n) is 2.67. The minimum absolute atomic E-state index is 0.348. The molecule has 0 radical (unpaired) electrons. The van der Waals surface area contributed by atoms with Gasteiger partial charge in [0.2, 0.25) is 0 Å². The van der Waals surface area contributed by atoms with Gasteiger partial charge in [0, 0.05) is 10.9 Å². The lowest BCUT2D eigenvalue weighted by molar-refractivity contribution is 0.112. The van der Waals surface area contributed by atoms with Gasteiger partial charge in [0.25, 0.3) is 0 Å². The number of carbonyl (C=O) groups excluding carboxylic acids is 1. The summed E-state index contributed by atoms with van der Waals surface area (Å²) in [6.45, 7) is 0. The first kappa shape index (κ1) is 8.20. The molecule has 0 saturated heterocycles. The van der Waals surface area contributed by atoms with Gasteiger partial charge in [0.1, 0.15) is 5.15 Å². The maximum atomic E-state index is 10.7. The van der Waals surface area contributed by atoms with Crippen LogP contribution in [0.4, 0.5) is 0 Å². The van der Waals surface area contributed by atoms with E-state index in [0.717, 1.165) is 17.2 Å². The van der Waals surface area contributed by atoms with Crippen molar-refractivity contribution in [1.29, 1.82) is 0 Å². The number of benzene rings is 1. The number of halogens is 1. The molecule has 0 atom stereocenters. The third kappa shape index (κ3) is 1.40. The lowest BCUT2D eigenvalue weighted by Crippen LogP contribution is -1.86. The van der Waals surface area contributed by atoms with Crippen LogP contribution in [0.1, 0.15) is 10.4 Å². The van der Waals surface area contributed by atoms with Crippen molar-refractivity contribution in [1.82, 2.24) is 4.98 Å². The van der Waals surface area contributed by atoms with Gasteiger partial charge in [-0.15, -0.1) is 0 Å². The molecule has 2 aromatic rings. The zero-order chi connectivity index (χ0) is 9.26. The van der Waals surface area contributed by atoms with Gasteiger partial charge in [0.05, 0.1) is 5.52 Å². The van der Waals surface area contributed by atoms with Crippen LogP contribution in [-0.4, -0.2) is 11.3 Å². The van der Waals surface area contributed by atoms with Crippen LogP contribution in [0, 0.1) is 0 Å². The van der Waals surface area contributed by atoms with Gasteiger partial charge in [0.15, 0.2) is 6.29 Å². The Morgan fingerprint density at radius 2 is 2.08 bits per heavy atom. The van der Waals surface area contributed by atoms with Crippen molar-refractivity contribution in [2.75, 3.05) is 0 Å². The molecule has 2 rings (SSSR count). The van der Waals surface area contributed by atoms with Gasteiger partial charge in [-0.05, 0) is 12.1 Å². The highest BCUT2D eigenvalue weighted by Gasteiger charge is 2.01. The summed E-state index contributed by atoms with van der Waals surface area (Å²) in [4.78, 5) is 14.8. The number of aldehydes is 1. The molecule has 0 unspecified atom stereocenters. The van der Waals surface area contributed by atoms with E-state index in [1.54, 1.807) is 6.07 Å². The molecule has 1 aromatic carbocycles.